The maximum absolute atomic E-state index is 13.4. The van der Waals surface area contributed by atoms with Crippen LogP contribution in [0.1, 0.15) is 44.1 Å². The molecule has 0 radical (unpaired) electrons. The third-order valence-corrected chi connectivity index (χ3v) is 5.44. The summed E-state index contributed by atoms with van der Waals surface area (Å²) in [6.45, 7) is 0.171. The molecule has 1 aliphatic heterocycles. The quantitative estimate of drug-likeness (QED) is 0.413. The highest BCUT2D eigenvalue weighted by Crippen LogP contribution is 2.12. The number of nitrogens with one attached hydrogen (secondary N) is 2. The molecule has 4 aromatic rings. The number of amides is 2. The van der Waals surface area contributed by atoms with E-state index in [0.29, 0.717) is 12.0 Å². The number of hydrogen-bond donors (Lipinski definition) is 2. The Hall–Kier alpha value is -4.87. The van der Waals surface area contributed by atoms with Crippen molar-refractivity contribution in [3.05, 3.63) is 94.6 Å². The van der Waals surface area contributed by atoms with Crippen LogP contribution < -0.4 is 10.6 Å². The van der Waals surface area contributed by atoms with Crippen LogP contribution >= 0.6 is 0 Å². The van der Waals surface area contributed by atoms with Crippen LogP contribution in [0.5, 0.6) is 0 Å². The Morgan fingerprint density at radius 1 is 0.917 bits per heavy atom. The summed E-state index contributed by atoms with van der Waals surface area (Å²) in [7, 11) is 0. The third-order valence-electron chi connectivity index (χ3n) is 5.44. The number of rotatable bonds is 7. The van der Waals surface area contributed by atoms with Crippen LogP contribution in [0.25, 0.3) is 5.78 Å². The van der Waals surface area contributed by atoms with Crippen LogP contribution in [0.4, 0.5) is 8.78 Å². The van der Waals surface area contributed by atoms with Crippen LogP contribution in [0.3, 0.4) is 0 Å². The van der Waals surface area contributed by atoms with Crippen molar-refractivity contribution in [3.8, 4) is 0 Å². The average Bonchev–Trinajstić information content (AvgIpc) is 3.60. The molecule has 3 heterocycles. The Morgan fingerprint density at radius 2 is 1.67 bits per heavy atom. The molecular weight excluding hydrogens is 470 g/mol. The van der Waals surface area contributed by atoms with Gasteiger partial charge in [0.15, 0.2) is 11.6 Å². The van der Waals surface area contributed by atoms with Crippen molar-refractivity contribution in [2.75, 3.05) is 0 Å². The molecule has 180 valence electrons. The molecule has 2 amide bonds. The third kappa shape index (κ3) is 4.82. The highest BCUT2D eigenvalue weighted by atomic mass is 19.2. The number of halogens is 2. The van der Waals surface area contributed by atoms with E-state index in [1.807, 2.05) is 24.3 Å². The van der Waals surface area contributed by atoms with Gasteiger partial charge in [0.1, 0.15) is 17.7 Å². The van der Waals surface area contributed by atoms with Crippen molar-refractivity contribution in [1.82, 2.24) is 30.2 Å². The Balaban J connectivity index is 1.28. The standard InChI is InChI=1S/C24H18F2N8O2/c25-17-6-3-15(9-18(17)26)12-27-22(35)20-10-21(34-24(32-20)29-13-31-34)23(36)28-11-14-1-4-16(5-2-14)19-7-8-30-33-19/h1-6,8-10,13H,7,11-12H2,(H,27,35)(H,28,36). The van der Waals surface area contributed by atoms with Gasteiger partial charge in [-0.05, 0) is 28.8 Å². The Labute approximate surface area is 202 Å². The molecule has 0 unspecified atom stereocenters. The first kappa shape index (κ1) is 22.9. The van der Waals surface area contributed by atoms with E-state index in [1.165, 1.54) is 23.0 Å². The topological polar surface area (TPSA) is 126 Å². The van der Waals surface area contributed by atoms with E-state index in [-0.39, 0.29) is 30.3 Å². The van der Waals surface area contributed by atoms with Crippen LogP contribution in [0.2, 0.25) is 0 Å². The van der Waals surface area contributed by atoms with Crippen molar-refractivity contribution in [2.45, 2.75) is 19.5 Å². The van der Waals surface area contributed by atoms with Crippen molar-refractivity contribution < 1.29 is 18.4 Å². The number of aromatic nitrogens is 4. The minimum absolute atomic E-state index is 0.0598. The minimum Gasteiger partial charge on any atom is -0.347 e. The van der Waals surface area contributed by atoms with Gasteiger partial charge in [-0.3, -0.25) is 9.59 Å². The summed E-state index contributed by atoms with van der Waals surface area (Å²) >= 11 is 0. The second-order valence-corrected chi connectivity index (χ2v) is 7.86. The van der Waals surface area contributed by atoms with Crippen LogP contribution in [0.15, 0.2) is 65.1 Å². The van der Waals surface area contributed by atoms with Gasteiger partial charge >= 0.3 is 0 Å². The molecule has 36 heavy (non-hydrogen) atoms. The molecule has 0 saturated heterocycles. The lowest BCUT2D eigenvalue weighted by atomic mass is 10.1. The first-order valence-corrected chi connectivity index (χ1v) is 10.9. The molecule has 10 nitrogen and oxygen atoms in total. The molecule has 2 N–H and O–H groups in total. The molecular formula is C24H18F2N8O2. The molecule has 0 fully saturated rings. The lowest BCUT2D eigenvalue weighted by Gasteiger charge is -2.10. The molecule has 0 atom stereocenters. The maximum atomic E-state index is 13.4. The molecule has 2 aromatic heterocycles. The van der Waals surface area contributed by atoms with Crippen LogP contribution in [-0.4, -0.2) is 43.3 Å². The molecule has 12 heteroatoms. The summed E-state index contributed by atoms with van der Waals surface area (Å²) in [6.07, 6.45) is 3.64. The number of hydrogen-bond acceptors (Lipinski definition) is 7. The smallest absolute Gasteiger partial charge is 0.270 e. The van der Waals surface area contributed by atoms with E-state index in [4.69, 9.17) is 0 Å². The van der Waals surface area contributed by atoms with E-state index in [1.54, 1.807) is 6.21 Å². The van der Waals surface area contributed by atoms with Gasteiger partial charge in [-0.1, -0.05) is 30.3 Å². The highest BCUT2D eigenvalue weighted by molar-refractivity contribution is 6.09. The van der Waals surface area contributed by atoms with Crippen molar-refractivity contribution in [3.63, 3.8) is 0 Å². The molecule has 0 aliphatic carbocycles. The first-order valence-electron chi connectivity index (χ1n) is 10.9. The second-order valence-electron chi connectivity index (χ2n) is 7.86. The number of carbonyl (C=O) groups is 2. The van der Waals surface area contributed by atoms with Crippen molar-refractivity contribution >= 4 is 29.5 Å². The summed E-state index contributed by atoms with van der Waals surface area (Å²) in [6, 6.07) is 12.2. The van der Waals surface area contributed by atoms with Crippen molar-refractivity contribution in [1.29, 1.82) is 0 Å². The van der Waals surface area contributed by atoms with Gasteiger partial charge in [-0.2, -0.15) is 24.8 Å². The zero-order chi connectivity index (χ0) is 25.1. The lowest BCUT2D eigenvalue weighted by molar-refractivity contribution is 0.0942. The van der Waals surface area contributed by atoms with Gasteiger partial charge in [0.25, 0.3) is 17.6 Å². The van der Waals surface area contributed by atoms with E-state index in [2.05, 4.69) is 35.9 Å². The predicted molar refractivity (Wildman–Crippen MR) is 126 cm³/mol. The number of fused-ring (bicyclic) bond motifs is 1. The van der Waals surface area contributed by atoms with Gasteiger partial charge < -0.3 is 10.6 Å². The molecule has 0 bridgehead atoms. The molecule has 0 saturated carbocycles. The number of nitrogens with zero attached hydrogens (tertiary/aromatic N) is 6. The van der Waals surface area contributed by atoms with E-state index in [0.717, 1.165) is 29.0 Å². The SMILES string of the molecule is O=C(NCc1ccc(F)c(F)c1)c1cc(C(=O)NCc2ccc(C3=NN=CC3)cc2)n2ncnc2n1. The molecule has 5 rings (SSSR count). The van der Waals surface area contributed by atoms with Crippen molar-refractivity contribution in [2.24, 2.45) is 10.2 Å². The molecule has 1 aliphatic rings. The zero-order valence-corrected chi connectivity index (χ0v) is 18.7. The van der Waals surface area contributed by atoms with Crippen LogP contribution in [0, 0.1) is 11.6 Å². The summed E-state index contributed by atoms with van der Waals surface area (Å²) in [5, 5.41) is 17.3. The largest absolute Gasteiger partial charge is 0.347 e. The van der Waals surface area contributed by atoms with Gasteiger partial charge in [0, 0.05) is 31.8 Å². The second kappa shape index (κ2) is 9.78. The van der Waals surface area contributed by atoms with Gasteiger partial charge in [0.2, 0.25) is 0 Å². The lowest BCUT2D eigenvalue weighted by Crippen LogP contribution is -2.28. The summed E-state index contributed by atoms with van der Waals surface area (Å²) in [5.41, 5.74) is 3.05. The molecule has 0 spiro atoms. The molecule has 2 aromatic carbocycles. The normalized spacial score (nSPS) is 12.6. The fourth-order valence-electron chi connectivity index (χ4n) is 3.55. The van der Waals surface area contributed by atoms with Gasteiger partial charge in [0.05, 0.1) is 5.71 Å². The first-order chi connectivity index (χ1) is 17.5. The zero-order valence-electron chi connectivity index (χ0n) is 18.7. The fourth-order valence-corrected chi connectivity index (χ4v) is 3.55. The number of benzene rings is 2. The summed E-state index contributed by atoms with van der Waals surface area (Å²) < 4.78 is 27.8. The average molecular weight is 488 g/mol. The van der Waals surface area contributed by atoms with E-state index in [9.17, 15) is 18.4 Å². The Morgan fingerprint density at radius 3 is 2.42 bits per heavy atom. The Bertz CT molecular complexity index is 1530. The van der Waals surface area contributed by atoms with Crippen LogP contribution in [-0.2, 0) is 13.1 Å². The monoisotopic (exact) mass is 488 g/mol. The predicted octanol–water partition coefficient (Wildman–Crippen LogP) is 2.44. The van der Waals surface area contributed by atoms with E-state index >= 15 is 0 Å². The summed E-state index contributed by atoms with van der Waals surface area (Å²) in [4.78, 5) is 33.7. The maximum Gasteiger partial charge on any atom is 0.270 e. The summed E-state index contributed by atoms with van der Waals surface area (Å²) in [5.74, 6) is -3.04. The fraction of sp³-hybridized carbons (Fsp3) is 0.125. The van der Waals surface area contributed by atoms with Gasteiger partial charge in [-0.25, -0.2) is 13.8 Å². The Kier molecular flexibility index (Phi) is 6.22. The van der Waals surface area contributed by atoms with Gasteiger partial charge in [-0.15, -0.1) is 0 Å². The number of carbonyl (C=O) groups excluding carboxylic acids is 2. The highest BCUT2D eigenvalue weighted by Gasteiger charge is 2.18. The van der Waals surface area contributed by atoms with E-state index < -0.39 is 23.4 Å². The minimum atomic E-state index is -1.01.